The highest BCUT2D eigenvalue weighted by Crippen LogP contribution is 2.24. The van der Waals surface area contributed by atoms with Crippen molar-refractivity contribution in [3.8, 4) is 11.8 Å². The Bertz CT molecular complexity index is 1110. The van der Waals surface area contributed by atoms with Gasteiger partial charge in [0.15, 0.2) is 11.2 Å². The molecule has 1 fully saturated rings. The minimum Gasteiger partial charge on any atom is -0.478 e. The highest BCUT2D eigenvalue weighted by Gasteiger charge is 2.23. The Morgan fingerprint density at radius 1 is 1.21 bits per heavy atom. The molecule has 29 heavy (non-hydrogen) atoms. The van der Waals surface area contributed by atoms with E-state index in [9.17, 15) is 9.59 Å². The summed E-state index contributed by atoms with van der Waals surface area (Å²) < 4.78 is 8.97. The fourth-order valence-electron chi connectivity index (χ4n) is 3.40. The zero-order chi connectivity index (χ0) is 20.5. The number of nitrogens with zero attached hydrogens (tertiary/aromatic N) is 5. The molecule has 0 bridgehead atoms. The highest BCUT2D eigenvalue weighted by atomic mass is 16.5. The standard InChI is InChI=1S/C19H22N6O4/c1-3-25-14-15(21-18(25)24-10-8-20-9-11-24)22-19(23(2)16(14)26)29-13-6-4-12(5-7-13)17(27)28/h4-7,20H,3,8-11H2,1-2H3,(H,27,28). The molecule has 1 aromatic carbocycles. The number of fused-ring (bicyclic) bond motifs is 1. The third-order valence-electron chi connectivity index (χ3n) is 4.95. The van der Waals surface area contributed by atoms with Gasteiger partial charge in [-0.25, -0.2) is 4.79 Å². The number of aromatic carboxylic acids is 1. The number of carbonyl (C=O) groups is 1. The van der Waals surface area contributed by atoms with Crippen molar-refractivity contribution in [2.75, 3.05) is 31.1 Å². The second-order valence-corrected chi connectivity index (χ2v) is 6.76. The lowest BCUT2D eigenvalue weighted by Gasteiger charge is -2.28. The number of anilines is 1. The summed E-state index contributed by atoms with van der Waals surface area (Å²) in [6.07, 6.45) is 0. The lowest BCUT2D eigenvalue weighted by atomic mass is 10.2. The third-order valence-corrected chi connectivity index (χ3v) is 4.95. The Hall–Kier alpha value is -3.40. The maximum Gasteiger partial charge on any atom is 0.335 e. The van der Waals surface area contributed by atoms with E-state index in [0.29, 0.717) is 23.5 Å². The number of piperazine rings is 1. The summed E-state index contributed by atoms with van der Waals surface area (Å²) in [5, 5.41) is 12.3. The third kappa shape index (κ3) is 3.42. The summed E-state index contributed by atoms with van der Waals surface area (Å²) in [5.74, 6) is 0.0969. The van der Waals surface area contributed by atoms with Gasteiger partial charge in [-0.15, -0.1) is 0 Å². The smallest absolute Gasteiger partial charge is 0.335 e. The summed E-state index contributed by atoms with van der Waals surface area (Å²) in [6, 6.07) is 6.01. The summed E-state index contributed by atoms with van der Waals surface area (Å²) >= 11 is 0. The van der Waals surface area contributed by atoms with Crippen LogP contribution in [0.3, 0.4) is 0 Å². The summed E-state index contributed by atoms with van der Waals surface area (Å²) in [4.78, 5) is 35.3. The molecule has 1 aliphatic heterocycles. The van der Waals surface area contributed by atoms with Gasteiger partial charge in [0.05, 0.1) is 5.56 Å². The molecule has 10 heteroatoms. The number of aromatic nitrogens is 4. The van der Waals surface area contributed by atoms with Crippen molar-refractivity contribution < 1.29 is 14.6 Å². The minimum absolute atomic E-state index is 0.0955. The van der Waals surface area contributed by atoms with E-state index in [2.05, 4.69) is 20.2 Å². The molecule has 1 saturated heterocycles. The van der Waals surface area contributed by atoms with Crippen LogP contribution in [0.1, 0.15) is 17.3 Å². The number of hydrogen-bond acceptors (Lipinski definition) is 7. The van der Waals surface area contributed by atoms with Crippen molar-refractivity contribution in [2.24, 2.45) is 7.05 Å². The lowest BCUT2D eigenvalue weighted by Crippen LogP contribution is -2.44. The van der Waals surface area contributed by atoms with E-state index in [0.717, 1.165) is 32.1 Å². The Morgan fingerprint density at radius 2 is 1.90 bits per heavy atom. The number of ether oxygens (including phenoxy) is 1. The van der Waals surface area contributed by atoms with Crippen LogP contribution < -0.4 is 20.5 Å². The Kier molecular flexibility index (Phi) is 4.93. The molecule has 0 radical (unpaired) electrons. The normalized spacial score (nSPS) is 14.3. The number of benzene rings is 1. The van der Waals surface area contributed by atoms with Crippen LogP contribution in [0.2, 0.25) is 0 Å². The van der Waals surface area contributed by atoms with Crippen LogP contribution in [0, 0.1) is 0 Å². The van der Waals surface area contributed by atoms with Gasteiger partial charge in [0.1, 0.15) is 5.75 Å². The Balaban J connectivity index is 1.75. The maximum absolute atomic E-state index is 13.0. The molecule has 0 atom stereocenters. The molecule has 152 valence electrons. The minimum atomic E-state index is -1.02. The van der Waals surface area contributed by atoms with Gasteiger partial charge in [-0.2, -0.15) is 9.97 Å². The Morgan fingerprint density at radius 3 is 2.52 bits per heavy atom. The van der Waals surface area contributed by atoms with Gasteiger partial charge in [0.2, 0.25) is 5.95 Å². The molecule has 0 saturated carbocycles. The SMILES string of the molecule is CCn1c(N2CCNCC2)nc2nc(Oc3ccc(C(=O)O)cc3)n(C)c(=O)c21. The summed E-state index contributed by atoms with van der Waals surface area (Å²) in [7, 11) is 1.59. The zero-order valence-electron chi connectivity index (χ0n) is 16.3. The Labute approximate surface area is 166 Å². The number of aryl methyl sites for hydroxylation is 1. The van der Waals surface area contributed by atoms with Crippen LogP contribution in [-0.4, -0.2) is 56.4 Å². The molecular weight excluding hydrogens is 376 g/mol. The predicted molar refractivity (Wildman–Crippen MR) is 107 cm³/mol. The second kappa shape index (κ2) is 7.55. The fraction of sp³-hybridized carbons (Fsp3) is 0.368. The monoisotopic (exact) mass is 398 g/mol. The predicted octanol–water partition coefficient (Wildman–Crippen LogP) is 1.05. The second-order valence-electron chi connectivity index (χ2n) is 6.76. The van der Waals surface area contributed by atoms with Crippen LogP contribution in [-0.2, 0) is 13.6 Å². The van der Waals surface area contributed by atoms with Gasteiger partial charge < -0.3 is 24.6 Å². The first-order chi connectivity index (χ1) is 14.0. The van der Waals surface area contributed by atoms with Crippen molar-refractivity contribution in [3.63, 3.8) is 0 Å². The molecule has 1 aliphatic rings. The average molecular weight is 398 g/mol. The van der Waals surface area contributed by atoms with Gasteiger partial charge in [-0.05, 0) is 31.2 Å². The van der Waals surface area contributed by atoms with E-state index < -0.39 is 5.97 Å². The van der Waals surface area contributed by atoms with E-state index >= 15 is 0 Å². The first-order valence-corrected chi connectivity index (χ1v) is 9.43. The molecule has 0 aliphatic carbocycles. The van der Waals surface area contributed by atoms with Crippen LogP contribution >= 0.6 is 0 Å². The van der Waals surface area contributed by atoms with Crippen molar-refractivity contribution in [2.45, 2.75) is 13.5 Å². The van der Waals surface area contributed by atoms with Crippen molar-refractivity contribution >= 4 is 23.1 Å². The van der Waals surface area contributed by atoms with E-state index in [1.807, 2.05) is 11.5 Å². The average Bonchev–Trinajstić information content (AvgIpc) is 3.11. The number of imidazole rings is 1. The van der Waals surface area contributed by atoms with Crippen LogP contribution in [0.15, 0.2) is 29.1 Å². The summed E-state index contributed by atoms with van der Waals surface area (Å²) in [5.41, 5.74) is 0.678. The van der Waals surface area contributed by atoms with E-state index in [1.54, 1.807) is 7.05 Å². The lowest BCUT2D eigenvalue weighted by molar-refractivity contribution is 0.0697. The van der Waals surface area contributed by atoms with Crippen LogP contribution in [0.25, 0.3) is 11.2 Å². The maximum atomic E-state index is 13.0. The number of hydrogen-bond donors (Lipinski definition) is 2. The van der Waals surface area contributed by atoms with Gasteiger partial charge in [-0.3, -0.25) is 9.36 Å². The number of rotatable bonds is 5. The number of nitrogens with one attached hydrogen (secondary N) is 1. The zero-order valence-corrected chi connectivity index (χ0v) is 16.3. The first-order valence-electron chi connectivity index (χ1n) is 9.43. The van der Waals surface area contributed by atoms with Crippen LogP contribution in [0.4, 0.5) is 5.95 Å². The largest absolute Gasteiger partial charge is 0.478 e. The molecule has 10 nitrogen and oxygen atoms in total. The van der Waals surface area contributed by atoms with Gasteiger partial charge in [-0.1, -0.05) is 0 Å². The molecule has 3 aromatic rings. The highest BCUT2D eigenvalue weighted by molar-refractivity contribution is 5.87. The molecular formula is C19H22N6O4. The molecule has 4 rings (SSSR count). The van der Waals surface area contributed by atoms with E-state index in [4.69, 9.17) is 9.84 Å². The first kappa shape index (κ1) is 18.9. The molecule has 0 unspecified atom stereocenters. The van der Waals surface area contributed by atoms with Crippen molar-refractivity contribution in [1.82, 2.24) is 24.4 Å². The van der Waals surface area contributed by atoms with Crippen LogP contribution in [0.5, 0.6) is 11.8 Å². The van der Waals surface area contributed by atoms with E-state index in [1.165, 1.54) is 28.8 Å². The van der Waals surface area contributed by atoms with Crippen molar-refractivity contribution in [1.29, 1.82) is 0 Å². The van der Waals surface area contributed by atoms with Crippen molar-refractivity contribution in [3.05, 3.63) is 40.2 Å². The fourth-order valence-corrected chi connectivity index (χ4v) is 3.40. The summed E-state index contributed by atoms with van der Waals surface area (Å²) in [6.45, 7) is 5.91. The van der Waals surface area contributed by atoms with Gasteiger partial charge >= 0.3 is 12.0 Å². The molecule has 2 aromatic heterocycles. The van der Waals surface area contributed by atoms with Gasteiger partial charge in [0, 0.05) is 39.8 Å². The molecule has 2 N–H and O–H groups in total. The molecule has 0 amide bonds. The number of carboxylic acids is 1. The van der Waals surface area contributed by atoms with E-state index in [-0.39, 0.29) is 17.1 Å². The molecule has 3 heterocycles. The molecule has 0 spiro atoms. The number of carboxylic acid groups (broad SMARTS) is 1. The quantitative estimate of drug-likeness (QED) is 0.655. The van der Waals surface area contributed by atoms with Gasteiger partial charge in [0.25, 0.3) is 5.56 Å². The topological polar surface area (TPSA) is 115 Å².